The molecule has 30 nitrogen and oxygen atoms in total. The molecule has 7 rings (SSSR count). The number of pyridine rings is 1. The zero-order chi connectivity index (χ0) is 65.7. The Bertz CT molecular complexity index is 3220. The molecule has 1 atom stereocenters. The molecule has 2 fully saturated rings. The number of nitrogens with one attached hydrogen (secondary N) is 2. The van der Waals surface area contributed by atoms with Crippen LogP contribution in [-0.2, 0) is 64.4 Å². The fourth-order valence-electron chi connectivity index (χ4n) is 10.3. The number of carboxylic acid groups (broad SMARTS) is 3. The first kappa shape index (κ1) is 71.6. The zero-order valence-electron chi connectivity index (χ0n) is 50.9. The van der Waals surface area contributed by atoms with Crippen LogP contribution in [0.3, 0.4) is 0 Å². The summed E-state index contributed by atoms with van der Waals surface area (Å²) in [5, 5.41) is 38.9. The van der Waals surface area contributed by atoms with E-state index in [1.807, 2.05) is 26.0 Å². The van der Waals surface area contributed by atoms with Gasteiger partial charge in [0.15, 0.2) is 5.69 Å². The lowest BCUT2D eigenvalue weighted by Crippen LogP contribution is -2.55. The van der Waals surface area contributed by atoms with Crippen LogP contribution in [-0.4, -0.2) is 292 Å². The molecule has 2 saturated heterocycles. The van der Waals surface area contributed by atoms with Gasteiger partial charge in [0, 0.05) is 110 Å². The SMILES string of the molecule is COc1cc2c(cc1-c1cncc(OCCOCCOCCOCCOCCNC(=O)[C@@H](CS(=O)(=O)O)NC(=O)CN3CCN(CC(=O)O)CCN(CC(=O)O)CCN(CC(=O)O)CC3)c1)-c1c(c(C(=O)N3CCOCC3(C)C)nn1-c1cc(Cl)cc(Cl)c1)CO2. The van der Waals surface area contributed by atoms with Crippen LogP contribution in [0.15, 0.2) is 48.8 Å². The second-order valence-corrected chi connectivity index (χ2v) is 24.4. The quantitative estimate of drug-likeness (QED) is 0.0298. The minimum absolute atomic E-state index is 0.0136. The normalized spacial score (nSPS) is 16.5. The molecule has 5 heterocycles. The van der Waals surface area contributed by atoms with Crippen molar-refractivity contribution >= 4 is 68.9 Å². The maximum absolute atomic E-state index is 14.4. The zero-order valence-corrected chi connectivity index (χ0v) is 53.2. The summed E-state index contributed by atoms with van der Waals surface area (Å²) in [6.07, 6.45) is 3.27. The topological polar surface area (TPSA) is 362 Å². The number of aliphatic carboxylic acids is 3. The molecular weight excluding hydrogens is 1260 g/mol. The van der Waals surface area contributed by atoms with Gasteiger partial charge in [-0.3, -0.25) is 57.9 Å². The largest absolute Gasteiger partial charge is 0.496 e. The molecule has 0 unspecified atom stereocenters. The van der Waals surface area contributed by atoms with Crippen LogP contribution < -0.4 is 24.8 Å². The van der Waals surface area contributed by atoms with Crippen molar-refractivity contribution in [3.63, 3.8) is 0 Å². The number of nitrogens with zero attached hydrogens (tertiary/aromatic N) is 8. The van der Waals surface area contributed by atoms with Crippen molar-refractivity contribution in [1.82, 2.24) is 49.9 Å². The Labute approximate surface area is 536 Å². The van der Waals surface area contributed by atoms with E-state index in [0.717, 1.165) is 0 Å². The predicted octanol–water partition coefficient (Wildman–Crippen LogP) is 1.47. The number of ether oxygens (including phenoxy) is 8. The molecule has 2 aromatic carbocycles. The van der Waals surface area contributed by atoms with Gasteiger partial charge in [-0.1, -0.05) is 23.2 Å². The number of hydrogen-bond acceptors (Lipinski definition) is 22. The highest BCUT2D eigenvalue weighted by molar-refractivity contribution is 7.85. The van der Waals surface area contributed by atoms with Crippen molar-refractivity contribution in [3.05, 3.63) is 70.1 Å². The number of carbonyl (C=O) groups is 6. The third-order valence-electron chi connectivity index (χ3n) is 14.7. The second-order valence-electron chi connectivity index (χ2n) is 22.0. The van der Waals surface area contributed by atoms with E-state index in [-0.39, 0.29) is 156 Å². The van der Waals surface area contributed by atoms with Gasteiger partial charge < -0.3 is 68.7 Å². The molecule has 91 heavy (non-hydrogen) atoms. The van der Waals surface area contributed by atoms with E-state index in [1.165, 1.54) is 0 Å². The number of aromatic nitrogens is 3. The van der Waals surface area contributed by atoms with Crippen LogP contribution in [0.25, 0.3) is 28.1 Å². The number of fused-ring (bicyclic) bond motifs is 3. The number of methoxy groups -OCH3 is 1. The Morgan fingerprint density at radius 3 is 1.76 bits per heavy atom. The maximum Gasteiger partial charge on any atom is 0.317 e. The lowest BCUT2D eigenvalue weighted by molar-refractivity contribution is -0.140. The van der Waals surface area contributed by atoms with Crippen molar-refractivity contribution in [2.24, 2.45) is 0 Å². The lowest BCUT2D eigenvalue weighted by Gasteiger charge is -2.41. The van der Waals surface area contributed by atoms with Crippen molar-refractivity contribution < 1.29 is 95.0 Å². The van der Waals surface area contributed by atoms with Crippen LogP contribution in [0.1, 0.15) is 29.9 Å². The molecule has 3 amide bonds. The molecule has 0 spiro atoms. The van der Waals surface area contributed by atoms with Gasteiger partial charge in [0.1, 0.15) is 42.3 Å². The fraction of sp³-hybridized carbons (Fsp3) is 0.552. The van der Waals surface area contributed by atoms with Crippen molar-refractivity contribution in [2.45, 2.75) is 32.0 Å². The van der Waals surface area contributed by atoms with E-state index in [2.05, 4.69) is 15.6 Å². The predicted molar refractivity (Wildman–Crippen MR) is 328 cm³/mol. The van der Waals surface area contributed by atoms with E-state index < -0.39 is 63.7 Å². The molecule has 3 aliphatic heterocycles. The summed E-state index contributed by atoms with van der Waals surface area (Å²) in [4.78, 5) is 88.1. The van der Waals surface area contributed by atoms with Crippen molar-refractivity contribution in [1.29, 1.82) is 0 Å². The number of benzene rings is 2. The van der Waals surface area contributed by atoms with Crippen molar-refractivity contribution in [3.8, 4) is 45.3 Å². The first-order valence-corrected chi connectivity index (χ1v) is 31.6. The Balaban J connectivity index is 0.806. The van der Waals surface area contributed by atoms with Gasteiger partial charge in [-0.25, -0.2) is 4.68 Å². The van der Waals surface area contributed by atoms with Crippen LogP contribution in [0.2, 0.25) is 10.0 Å². The summed E-state index contributed by atoms with van der Waals surface area (Å²) in [6, 6.07) is 8.88. The van der Waals surface area contributed by atoms with Gasteiger partial charge in [0.05, 0.1) is 122 Å². The Kier molecular flexibility index (Phi) is 27.3. The van der Waals surface area contributed by atoms with E-state index in [4.69, 9.17) is 66.2 Å². The highest BCUT2D eigenvalue weighted by Gasteiger charge is 2.40. The Hall–Kier alpha value is -6.85. The molecular formula is C58H78Cl2N10O20S. The van der Waals surface area contributed by atoms with Gasteiger partial charge in [-0.15, -0.1) is 0 Å². The number of amides is 3. The van der Waals surface area contributed by atoms with E-state index >= 15 is 0 Å². The molecule has 0 saturated carbocycles. The minimum atomic E-state index is -4.77. The average molecular weight is 1340 g/mol. The number of carboxylic acids is 3. The van der Waals surface area contributed by atoms with Gasteiger partial charge in [-0.05, 0) is 44.2 Å². The minimum Gasteiger partial charge on any atom is -0.496 e. The number of carbonyl (C=O) groups excluding carboxylic acids is 3. The summed E-state index contributed by atoms with van der Waals surface area (Å²) < 4.78 is 81.4. The van der Waals surface area contributed by atoms with Gasteiger partial charge >= 0.3 is 17.9 Å². The van der Waals surface area contributed by atoms with E-state index in [1.54, 1.807) is 73.0 Å². The number of morpholine rings is 1. The molecule has 4 aromatic rings. The molecule has 3 aliphatic rings. The van der Waals surface area contributed by atoms with Gasteiger partial charge in [0.25, 0.3) is 16.0 Å². The average Bonchev–Trinajstić information content (AvgIpc) is 1.63. The molecule has 500 valence electrons. The van der Waals surface area contributed by atoms with E-state index in [9.17, 15) is 57.1 Å². The van der Waals surface area contributed by atoms with Gasteiger partial charge in [0.2, 0.25) is 11.8 Å². The summed E-state index contributed by atoms with van der Waals surface area (Å²) in [7, 11) is -3.21. The van der Waals surface area contributed by atoms with Crippen molar-refractivity contribution in [2.75, 3.05) is 177 Å². The van der Waals surface area contributed by atoms with Crippen LogP contribution in [0.5, 0.6) is 17.2 Å². The molecule has 33 heteroatoms. The molecule has 2 aromatic heterocycles. The van der Waals surface area contributed by atoms with E-state index in [0.29, 0.717) is 80.7 Å². The van der Waals surface area contributed by atoms with Crippen LogP contribution in [0.4, 0.5) is 0 Å². The number of halogens is 2. The Morgan fingerprint density at radius 1 is 0.692 bits per heavy atom. The monoisotopic (exact) mass is 1340 g/mol. The number of hydrogen-bond donors (Lipinski definition) is 6. The number of rotatable bonds is 32. The fourth-order valence-corrected chi connectivity index (χ4v) is 11.4. The van der Waals surface area contributed by atoms with Crippen LogP contribution in [0, 0.1) is 0 Å². The second kappa shape index (κ2) is 34.7. The third-order valence-corrected chi connectivity index (χ3v) is 15.9. The smallest absolute Gasteiger partial charge is 0.317 e. The molecule has 6 N–H and O–H groups in total. The first-order valence-electron chi connectivity index (χ1n) is 29.3. The summed E-state index contributed by atoms with van der Waals surface area (Å²) in [5.41, 5.74) is 3.41. The maximum atomic E-state index is 14.4. The lowest BCUT2D eigenvalue weighted by atomic mass is 9.95. The third kappa shape index (κ3) is 22.5. The summed E-state index contributed by atoms with van der Waals surface area (Å²) in [6.45, 7) is 6.38. The summed E-state index contributed by atoms with van der Waals surface area (Å²) in [5.74, 6) is -5.00. The molecule has 0 aliphatic carbocycles. The highest BCUT2D eigenvalue weighted by atomic mass is 35.5. The van der Waals surface area contributed by atoms with Crippen LogP contribution >= 0.6 is 23.2 Å². The van der Waals surface area contributed by atoms with Gasteiger partial charge in [-0.2, -0.15) is 13.5 Å². The first-order chi connectivity index (χ1) is 43.5. The highest BCUT2D eigenvalue weighted by Crippen LogP contribution is 2.47. The summed E-state index contributed by atoms with van der Waals surface area (Å²) >= 11 is 13.0. The molecule has 0 radical (unpaired) electrons. The Morgan fingerprint density at radius 2 is 1.23 bits per heavy atom. The molecule has 0 bridgehead atoms. The standard InChI is InChI=1S/C58H78Cl2N10O20S/c1-58(2)38-88-15-13-69(58)57(79)54-46-36-90-49-29-48(83-3)44(28-45(49)55(46)70(64-54)42-26-40(59)25-41(60)27-42)39-24-43(31-61-30-39)89-23-22-87-21-20-86-19-18-85-17-16-84-14-4-62-56(78)47(37-91(80,81)82)63-50(71)32-65-5-7-66(33-51(72)73)9-11-68(35-53(76)77)12-10-67(8-6-65)34-52(74)75/h24-31,47H,4-23,32-38H2,1-3H3,(H,62,78)(H,63,71)(H,72,73)(H,74,75)(H,76,77)(H,80,81,82)/t47-/m1/s1.